The van der Waals surface area contributed by atoms with Gasteiger partial charge in [0.05, 0.1) is 23.8 Å². The van der Waals surface area contributed by atoms with Crippen LogP contribution in [0.25, 0.3) is 16.9 Å². The zero-order valence-corrected chi connectivity index (χ0v) is 15.4. The molecule has 2 aromatic heterocycles. The predicted octanol–water partition coefficient (Wildman–Crippen LogP) is 2.78. The van der Waals surface area contributed by atoms with Crippen molar-refractivity contribution in [2.24, 2.45) is 0 Å². The molecule has 2 fully saturated rings. The first-order chi connectivity index (χ1) is 14.1. The van der Waals surface area contributed by atoms with Crippen LogP contribution in [-0.2, 0) is 0 Å². The standard InChI is InChI=1S/C20H19F2N5O2/c21-11-9-23-27(10-11)13-2-3-14(17(28)8-13)15-5-6-19(26-25-15)29-18-7-12-1-4-16(24-12)20(18)22/h2-3,5-6,8-10,12,16,18,20,24,28H,1,4,7H2/t12-,16+,18-,20+/m0/s1. The van der Waals surface area contributed by atoms with Crippen molar-refractivity contribution in [3.8, 4) is 28.6 Å². The van der Waals surface area contributed by atoms with E-state index in [2.05, 4.69) is 20.6 Å². The smallest absolute Gasteiger partial charge is 0.233 e. The SMILES string of the molecule is Oc1cc(-n2cc(F)cn2)ccc1-c1ccc(O[C@H]2C[C@@H]3CC[C@@H](N3)[C@H]2F)nn1. The van der Waals surface area contributed by atoms with Crippen LogP contribution >= 0.6 is 0 Å². The van der Waals surface area contributed by atoms with Gasteiger partial charge in [0, 0.05) is 36.2 Å². The van der Waals surface area contributed by atoms with Crippen LogP contribution in [0.5, 0.6) is 11.6 Å². The first-order valence-corrected chi connectivity index (χ1v) is 9.51. The number of nitrogens with one attached hydrogen (secondary N) is 1. The van der Waals surface area contributed by atoms with E-state index in [1.54, 1.807) is 24.3 Å². The van der Waals surface area contributed by atoms with Crippen LogP contribution in [0.4, 0.5) is 8.78 Å². The Morgan fingerprint density at radius 1 is 1.17 bits per heavy atom. The van der Waals surface area contributed by atoms with Crippen molar-refractivity contribution in [1.29, 1.82) is 0 Å². The minimum atomic E-state index is -1.07. The van der Waals surface area contributed by atoms with E-state index in [0.717, 1.165) is 19.0 Å². The zero-order chi connectivity index (χ0) is 20.0. The molecule has 4 heterocycles. The highest BCUT2D eigenvalue weighted by atomic mass is 19.1. The van der Waals surface area contributed by atoms with Crippen LogP contribution < -0.4 is 10.1 Å². The molecular formula is C20H19F2N5O2. The number of hydrogen-bond acceptors (Lipinski definition) is 6. The number of nitrogens with zero attached hydrogens (tertiary/aromatic N) is 4. The third-order valence-electron chi connectivity index (χ3n) is 5.52. The average molecular weight is 399 g/mol. The minimum Gasteiger partial charge on any atom is -0.507 e. The van der Waals surface area contributed by atoms with Crippen molar-refractivity contribution in [2.45, 2.75) is 43.6 Å². The molecule has 4 atom stereocenters. The molecule has 0 saturated carbocycles. The van der Waals surface area contributed by atoms with Crippen LogP contribution in [0.1, 0.15) is 19.3 Å². The maximum absolute atomic E-state index is 14.5. The lowest BCUT2D eigenvalue weighted by Crippen LogP contribution is -2.51. The number of phenolic OH excluding ortho intramolecular Hbond substituents is 1. The Morgan fingerprint density at radius 2 is 2.07 bits per heavy atom. The third-order valence-corrected chi connectivity index (χ3v) is 5.52. The van der Waals surface area contributed by atoms with E-state index in [0.29, 0.717) is 29.4 Å². The monoisotopic (exact) mass is 399 g/mol. The fourth-order valence-corrected chi connectivity index (χ4v) is 4.07. The molecule has 2 saturated heterocycles. The number of piperidine rings is 1. The van der Waals surface area contributed by atoms with E-state index in [-0.39, 0.29) is 17.7 Å². The zero-order valence-electron chi connectivity index (χ0n) is 15.4. The first-order valence-electron chi connectivity index (χ1n) is 9.51. The second kappa shape index (κ2) is 7.07. The molecule has 2 aliphatic rings. The largest absolute Gasteiger partial charge is 0.507 e. The lowest BCUT2D eigenvalue weighted by Gasteiger charge is -2.32. The molecule has 29 heavy (non-hydrogen) atoms. The number of aromatic nitrogens is 4. The van der Waals surface area contributed by atoms with Gasteiger partial charge in [-0.2, -0.15) is 5.10 Å². The molecule has 3 aromatic rings. The first kappa shape index (κ1) is 18.0. The van der Waals surface area contributed by atoms with E-state index in [1.807, 2.05) is 0 Å². The molecule has 0 amide bonds. The molecular weight excluding hydrogens is 380 g/mol. The Morgan fingerprint density at radius 3 is 2.79 bits per heavy atom. The molecule has 2 aliphatic heterocycles. The van der Waals surface area contributed by atoms with E-state index < -0.39 is 18.1 Å². The number of ether oxygens (including phenoxy) is 1. The molecule has 0 radical (unpaired) electrons. The van der Waals surface area contributed by atoms with Crippen molar-refractivity contribution in [2.75, 3.05) is 0 Å². The summed E-state index contributed by atoms with van der Waals surface area (Å²) in [6.07, 6.45) is 3.11. The Kier molecular flexibility index (Phi) is 4.39. The van der Waals surface area contributed by atoms with Gasteiger partial charge in [0.25, 0.3) is 0 Å². The van der Waals surface area contributed by atoms with Gasteiger partial charge in [-0.05, 0) is 31.0 Å². The van der Waals surface area contributed by atoms with Crippen molar-refractivity contribution in [1.82, 2.24) is 25.3 Å². The highest BCUT2D eigenvalue weighted by molar-refractivity contribution is 5.68. The summed E-state index contributed by atoms with van der Waals surface area (Å²) in [7, 11) is 0. The van der Waals surface area contributed by atoms with Crippen LogP contribution in [-0.4, -0.2) is 49.4 Å². The summed E-state index contributed by atoms with van der Waals surface area (Å²) < 4.78 is 34.7. The second-order valence-corrected chi connectivity index (χ2v) is 7.45. The summed E-state index contributed by atoms with van der Waals surface area (Å²) in [5.41, 5.74) is 1.41. The Bertz CT molecular complexity index is 1030. The van der Waals surface area contributed by atoms with Gasteiger partial charge in [-0.15, -0.1) is 10.2 Å². The number of aromatic hydroxyl groups is 1. The Balaban J connectivity index is 1.32. The number of alkyl halides is 1. The summed E-state index contributed by atoms with van der Waals surface area (Å²) in [5.74, 6) is -0.252. The highest BCUT2D eigenvalue weighted by Crippen LogP contribution is 2.33. The molecule has 0 unspecified atom stereocenters. The van der Waals surface area contributed by atoms with E-state index in [4.69, 9.17) is 4.74 Å². The topological polar surface area (TPSA) is 85.1 Å². The van der Waals surface area contributed by atoms with Gasteiger partial charge in [0.15, 0.2) is 12.0 Å². The number of phenols is 1. The molecule has 2 N–H and O–H groups in total. The van der Waals surface area contributed by atoms with E-state index >= 15 is 0 Å². The van der Waals surface area contributed by atoms with Gasteiger partial charge in [0.1, 0.15) is 11.9 Å². The highest BCUT2D eigenvalue weighted by Gasteiger charge is 2.43. The summed E-state index contributed by atoms with van der Waals surface area (Å²) in [6, 6.07) is 8.23. The summed E-state index contributed by atoms with van der Waals surface area (Å²) in [5, 5.41) is 25.6. The van der Waals surface area contributed by atoms with Gasteiger partial charge in [-0.25, -0.2) is 13.5 Å². The number of halogens is 2. The quantitative estimate of drug-likeness (QED) is 0.702. The predicted molar refractivity (Wildman–Crippen MR) is 100 cm³/mol. The van der Waals surface area contributed by atoms with Gasteiger partial charge >= 0.3 is 0 Å². The molecule has 0 spiro atoms. The van der Waals surface area contributed by atoms with Crippen molar-refractivity contribution in [3.05, 3.63) is 48.5 Å². The molecule has 2 bridgehead atoms. The third kappa shape index (κ3) is 3.42. The lowest BCUT2D eigenvalue weighted by molar-refractivity contribution is 0.0422. The van der Waals surface area contributed by atoms with E-state index in [1.165, 1.54) is 16.9 Å². The molecule has 0 aliphatic carbocycles. The van der Waals surface area contributed by atoms with Crippen LogP contribution in [0.15, 0.2) is 42.7 Å². The van der Waals surface area contributed by atoms with Crippen molar-refractivity contribution < 1.29 is 18.6 Å². The molecule has 1 aromatic carbocycles. The Hall–Kier alpha value is -3.07. The molecule has 9 heteroatoms. The maximum Gasteiger partial charge on any atom is 0.233 e. The summed E-state index contributed by atoms with van der Waals surface area (Å²) in [6.45, 7) is 0. The molecule has 5 rings (SSSR count). The summed E-state index contributed by atoms with van der Waals surface area (Å²) >= 11 is 0. The van der Waals surface area contributed by atoms with Crippen molar-refractivity contribution in [3.63, 3.8) is 0 Å². The fraction of sp³-hybridized carbons (Fsp3) is 0.350. The number of benzene rings is 1. The normalized spacial score (nSPS) is 25.9. The minimum absolute atomic E-state index is 0.0415. The van der Waals surface area contributed by atoms with Gasteiger partial charge in [-0.3, -0.25) is 0 Å². The van der Waals surface area contributed by atoms with Gasteiger partial charge < -0.3 is 15.2 Å². The average Bonchev–Trinajstić information content (AvgIpc) is 3.33. The fourth-order valence-electron chi connectivity index (χ4n) is 4.07. The van der Waals surface area contributed by atoms with Gasteiger partial charge in [0.2, 0.25) is 5.88 Å². The van der Waals surface area contributed by atoms with Crippen LogP contribution in [0, 0.1) is 5.82 Å². The van der Waals surface area contributed by atoms with Crippen LogP contribution in [0.2, 0.25) is 0 Å². The maximum atomic E-state index is 14.5. The molecule has 150 valence electrons. The second-order valence-electron chi connectivity index (χ2n) is 7.45. The van der Waals surface area contributed by atoms with Gasteiger partial charge in [-0.1, -0.05) is 0 Å². The Labute approximate surface area is 165 Å². The number of hydrogen-bond donors (Lipinski definition) is 2. The lowest BCUT2D eigenvalue weighted by atomic mass is 10.0. The summed E-state index contributed by atoms with van der Waals surface area (Å²) in [4.78, 5) is 0. The number of fused-ring (bicyclic) bond motifs is 2. The van der Waals surface area contributed by atoms with Crippen molar-refractivity contribution >= 4 is 0 Å². The van der Waals surface area contributed by atoms with Crippen LogP contribution in [0.3, 0.4) is 0 Å². The molecule has 7 nitrogen and oxygen atoms in total. The number of rotatable bonds is 4. The van der Waals surface area contributed by atoms with E-state index in [9.17, 15) is 13.9 Å².